The molecule has 0 saturated heterocycles. The topological polar surface area (TPSA) is 86.6 Å². The summed E-state index contributed by atoms with van der Waals surface area (Å²) in [5.41, 5.74) is -0.579. The van der Waals surface area contributed by atoms with E-state index in [9.17, 15) is 28.6 Å². The predicted molar refractivity (Wildman–Crippen MR) is 115 cm³/mol. The molecule has 0 aliphatic carbocycles. The lowest BCUT2D eigenvalue weighted by atomic mass is 10.0. The molecular weight excluding hydrogens is 424 g/mol. The molecule has 1 amide bonds. The van der Waals surface area contributed by atoms with E-state index in [1.54, 1.807) is 24.3 Å². The standard InChI is InChI=1S/C23H15F2NO4S/c1-11-6-7-14(20(25)19(11)24)16-10-31-22(18(16)23(29)30)26-21(28)15-8-12-4-2-3-5-13(12)9-17(15)27/h2-10,27H,1H3,(H,26,28)(H,29,30). The number of aromatic carboxylic acids is 1. The second-order valence-corrected chi connectivity index (χ2v) is 7.77. The van der Waals surface area contributed by atoms with Crippen LogP contribution in [0.1, 0.15) is 26.3 Å². The van der Waals surface area contributed by atoms with Crippen LogP contribution in [-0.4, -0.2) is 22.1 Å². The maximum Gasteiger partial charge on any atom is 0.339 e. The first-order valence-electron chi connectivity index (χ1n) is 9.10. The smallest absolute Gasteiger partial charge is 0.339 e. The van der Waals surface area contributed by atoms with Crippen LogP contribution in [0.4, 0.5) is 13.8 Å². The number of anilines is 1. The molecule has 0 spiro atoms. The zero-order valence-electron chi connectivity index (χ0n) is 16.1. The molecule has 0 unspecified atom stereocenters. The number of halogens is 2. The van der Waals surface area contributed by atoms with Crippen LogP contribution in [-0.2, 0) is 0 Å². The maximum absolute atomic E-state index is 14.4. The second-order valence-electron chi connectivity index (χ2n) is 6.89. The highest BCUT2D eigenvalue weighted by atomic mass is 32.1. The number of carboxylic acid groups (broad SMARTS) is 1. The van der Waals surface area contributed by atoms with Gasteiger partial charge in [0, 0.05) is 16.5 Å². The Morgan fingerprint density at radius 2 is 1.65 bits per heavy atom. The van der Waals surface area contributed by atoms with Gasteiger partial charge in [-0.25, -0.2) is 13.6 Å². The lowest BCUT2D eigenvalue weighted by molar-refractivity contribution is 0.0699. The molecule has 3 aromatic carbocycles. The van der Waals surface area contributed by atoms with Crippen LogP contribution in [0.15, 0.2) is 53.9 Å². The maximum atomic E-state index is 14.4. The molecule has 5 nitrogen and oxygen atoms in total. The van der Waals surface area contributed by atoms with Crippen molar-refractivity contribution in [2.45, 2.75) is 6.92 Å². The number of carbonyl (C=O) groups excluding carboxylic acids is 1. The van der Waals surface area contributed by atoms with E-state index in [2.05, 4.69) is 5.32 Å². The number of thiophene rings is 1. The van der Waals surface area contributed by atoms with E-state index in [1.165, 1.54) is 36.6 Å². The number of hydrogen-bond acceptors (Lipinski definition) is 4. The molecule has 0 saturated carbocycles. The van der Waals surface area contributed by atoms with Crippen molar-refractivity contribution in [2.75, 3.05) is 5.32 Å². The summed E-state index contributed by atoms with van der Waals surface area (Å²) in [6.45, 7) is 1.40. The van der Waals surface area contributed by atoms with Gasteiger partial charge in [0.15, 0.2) is 11.6 Å². The van der Waals surface area contributed by atoms with Gasteiger partial charge in [0.1, 0.15) is 16.3 Å². The molecule has 1 heterocycles. The minimum atomic E-state index is -1.41. The van der Waals surface area contributed by atoms with Gasteiger partial charge < -0.3 is 15.5 Å². The van der Waals surface area contributed by atoms with Gasteiger partial charge in [0.25, 0.3) is 5.91 Å². The summed E-state index contributed by atoms with van der Waals surface area (Å²) in [6.07, 6.45) is 0. The number of phenols is 1. The average Bonchev–Trinajstić information content (AvgIpc) is 3.15. The van der Waals surface area contributed by atoms with Crippen LogP contribution in [0.3, 0.4) is 0 Å². The highest BCUT2D eigenvalue weighted by molar-refractivity contribution is 7.15. The van der Waals surface area contributed by atoms with Gasteiger partial charge in [0.2, 0.25) is 0 Å². The highest BCUT2D eigenvalue weighted by Gasteiger charge is 2.25. The third-order valence-corrected chi connectivity index (χ3v) is 5.80. The van der Waals surface area contributed by atoms with Gasteiger partial charge in [-0.3, -0.25) is 4.79 Å². The van der Waals surface area contributed by atoms with E-state index in [0.29, 0.717) is 5.39 Å². The van der Waals surface area contributed by atoms with Crippen molar-refractivity contribution in [2.24, 2.45) is 0 Å². The molecular formula is C23H15F2NO4S. The number of aryl methyl sites for hydroxylation is 1. The van der Waals surface area contributed by atoms with Gasteiger partial charge in [-0.2, -0.15) is 0 Å². The highest BCUT2D eigenvalue weighted by Crippen LogP contribution is 2.38. The molecule has 31 heavy (non-hydrogen) atoms. The quantitative estimate of drug-likeness (QED) is 0.374. The Morgan fingerprint density at radius 1 is 0.968 bits per heavy atom. The molecule has 0 fully saturated rings. The Labute approximate surface area is 179 Å². The van der Waals surface area contributed by atoms with Crippen molar-refractivity contribution < 1.29 is 28.6 Å². The van der Waals surface area contributed by atoms with E-state index in [1.807, 2.05) is 0 Å². The van der Waals surface area contributed by atoms with E-state index in [0.717, 1.165) is 16.7 Å². The fourth-order valence-corrected chi connectivity index (χ4v) is 4.24. The van der Waals surface area contributed by atoms with Crippen molar-refractivity contribution in [1.29, 1.82) is 0 Å². The predicted octanol–water partition coefficient (Wildman–Crippen LogP) is 5.81. The van der Waals surface area contributed by atoms with Gasteiger partial charge in [-0.1, -0.05) is 36.4 Å². The summed E-state index contributed by atoms with van der Waals surface area (Å²) in [6, 6.07) is 12.7. The second kappa shape index (κ2) is 7.81. The number of aromatic hydroxyl groups is 1. The number of carboxylic acids is 1. The van der Waals surface area contributed by atoms with Crippen molar-refractivity contribution in [1.82, 2.24) is 0 Å². The van der Waals surface area contributed by atoms with Gasteiger partial charge in [-0.15, -0.1) is 11.3 Å². The van der Waals surface area contributed by atoms with Crippen LogP contribution in [0.2, 0.25) is 0 Å². The molecule has 4 rings (SSSR count). The van der Waals surface area contributed by atoms with Crippen molar-refractivity contribution in [3.8, 4) is 16.9 Å². The minimum Gasteiger partial charge on any atom is -0.507 e. The zero-order valence-corrected chi connectivity index (χ0v) is 16.9. The molecule has 0 aliphatic heterocycles. The molecule has 4 aromatic rings. The molecule has 0 radical (unpaired) electrons. The number of nitrogens with one attached hydrogen (secondary N) is 1. The number of fused-ring (bicyclic) bond motifs is 1. The lowest BCUT2D eigenvalue weighted by Crippen LogP contribution is -2.14. The third kappa shape index (κ3) is 3.62. The van der Waals surface area contributed by atoms with E-state index < -0.39 is 23.5 Å². The summed E-state index contributed by atoms with van der Waals surface area (Å²) in [5.74, 6) is -4.63. The van der Waals surface area contributed by atoms with E-state index in [4.69, 9.17) is 0 Å². The summed E-state index contributed by atoms with van der Waals surface area (Å²) in [5, 5.41) is 25.1. The molecule has 8 heteroatoms. The largest absolute Gasteiger partial charge is 0.507 e. The number of hydrogen-bond donors (Lipinski definition) is 3. The first-order valence-corrected chi connectivity index (χ1v) is 9.98. The molecule has 0 bridgehead atoms. The number of amides is 1. The number of benzene rings is 3. The Hall–Kier alpha value is -3.78. The zero-order chi connectivity index (χ0) is 22.3. The molecule has 156 valence electrons. The number of carbonyl (C=O) groups is 2. The van der Waals surface area contributed by atoms with Crippen LogP contribution in [0.5, 0.6) is 5.75 Å². The van der Waals surface area contributed by atoms with Crippen LogP contribution >= 0.6 is 11.3 Å². The Kier molecular flexibility index (Phi) is 5.16. The Morgan fingerprint density at radius 3 is 2.32 bits per heavy atom. The SMILES string of the molecule is Cc1ccc(-c2csc(NC(=O)c3cc4ccccc4cc3O)c2C(=O)O)c(F)c1F. The van der Waals surface area contributed by atoms with Gasteiger partial charge in [0.05, 0.1) is 5.56 Å². The average molecular weight is 439 g/mol. The first-order chi connectivity index (χ1) is 14.8. The number of rotatable bonds is 4. The van der Waals surface area contributed by atoms with Gasteiger partial charge in [-0.05, 0) is 35.4 Å². The normalized spacial score (nSPS) is 10.9. The van der Waals surface area contributed by atoms with Crippen molar-refractivity contribution in [3.63, 3.8) is 0 Å². The Bertz CT molecular complexity index is 1360. The summed E-state index contributed by atoms with van der Waals surface area (Å²) in [4.78, 5) is 24.7. The molecule has 0 aliphatic rings. The fraction of sp³-hybridized carbons (Fsp3) is 0.0435. The van der Waals surface area contributed by atoms with E-state index >= 15 is 0 Å². The number of phenolic OH excluding ortho intramolecular Hbond substituents is 1. The van der Waals surface area contributed by atoms with Crippen LogP contribution in [0, 0.1) is 18.6 Å². The van der Waals surface area contributed by atoms with Gasteiger partial charge >= 0.3 is 5.97 Å². The van der Waals surface area contributed by atoms with Crippen LogP contribution in [0.25, 0.3) is 21.9 Å². The molecule has 0 atom stereocenters. The fourth-order valence-electron chi connectivity index (χ4n) is 3.30. The molecule has 1 aromatic heterocycles. The summed E-state index contributed by atoms with van der Waals surface area (Å²) >= 11 is 0.867. The van der Waals surface area contributed by atoms with E-state index in [-0.39, 0.29) is 38.6 Å². The summed E-state index contributed by atoms with van der Waals surface area (Å²) in [7, 11) is 0. The lowest BCUT2D eigenvalue weighted by Gasteiger charge is -2.09. The third-order valence-electron chi connectivity index (χ3n) is 4.91. The van der Waals surface area contributed by atoms with Crippen molar-refractivity contribution in [3.05, 3.63) is 82.2 Å². The first kappa shape index (κ1) is 20.5. The van der Waals surface area contributed by atoms with Crippen molar-refractivity contribution >= 4 is 39.0 Å². The van der Waals surface area contributed by atoms with Crippen LogP contribution < -0.4 is 5.32 Å². The monoisotopic (exact) mass is 439 g/mol. The Balaban J connectivity index is 1.75. The summed E-state index contributed by atoms with van der Waals surface area (Å²) < 4.78 is 28.4. The molecule has 3 N–H and O–H groups in total. The minimum absolute atomic E-state index is 0.0439.